The van der Waals surface area contributed by atoms with Crippen LogP contribution < -0.4 is 0 Å². The Morgan fingerprint density at radius 3 is 2.56 bits per heavy atom. The summed E-state index contributed by atoms with van der Waals surface area (Å²) in [5.41, 5.74) is 0.191. The quantitative estimate of drug-likeness (QED) is 0.852. The Balaban J connectivity index is 2.24. The van der Waals surface area contributed by atoms with E-state index in [1.165, 1.54) is 6.42 Å². The molecule has 0 bridgehead atoms. The molecule has 0 saturated carbocycles. The van der Waals surface area contributed by atoms with Crippen molar-refractivity contribution in [2.45, 2.75) is 29.4 Å². The van der Waals surface area contributed by atoms with E-state index in [0.29, 0.717) is 12.8 Å². The summed E-state index contributed by atoms with van der Waals surface area (Å²) in [7, 11) is 0. The zero-order valence-corrected chi connectivity index (χ0v) is 12.0. The van der Waals surface area contributed by atoms with E-state index >= 15 is 0 Å². The number of terminal acetylenes is 1. The molecule has 1 aromatic rings. The van der Waals surface area contributed by atoms with Gasteiger partial charge in [0, 0.05) is 6.42 Å². The molecule has 0 aromatic heterocycles. The topological polar surface area (TPSA) is 20.2 Å². The van der Waals surface area contributed by atoms with Gasteiger partial charge in [-0.15, -0.1) is 35.9 Å². The minimum absolute atomic E-state index is 0.196. The third kappa shape index (κ3) is 3.06. The number of aliphatic hydroxyl groups is 1. The SMILES string of the molecule is C#CCC[C@](O)(c1ccccc1)C1SCCCS1. The molecule has 1 N–H and O–H groups in total. The average molecular weight is 278 g/mol. The summed E-state index contributed by atoms with van der Waals surface area (Å²) in [4.78, 5) is 0. The van der Waals surface area contributed by atoms with Crippen molar-refractivity contribution in [1.29, 1.82) is 0 Å². The van der Waals surface area contributed by atoms with Gasteiger partial charge in [-0.05, 0) is 29.9 Å². The summed E-state index contributed by atoms with van der Waals surface area (Å²) in [5, 5.41) is 11.1. The van der Waals surface area contributed by atoms with Gasteiger partial charge in [0.1, 0.15) is 5.60 Å². The lowest BCUT2D eigenvalue weighted by Crippen LogP contribution is -2.37. The van der Waals surface area contributed by atoms with Gasteiger partial charge in [0.2, 0.25) is 0 Å². The Kier molecular flexibility index (Phi) is 5.05. The summed E-state index contributed by atoms with van der Waals surface area (Å²) in [5.74, 6) is 4.91. The standard InChI is InChI=1S/C15H18OS2/c1-2-3-10-15(16,13-8-5-4-6-9-13)14-17-11-7-12-18-14/h1,4-6,8-9,14,16H,3,7,10-12H2/t15-/m0/s1. The van der Waals surface area contributed by atoms with Crippen LogP contribution in [-0.2, 0) is 5.60 Å². The van der Waals surface area contributed by atoms with Gasteiger partial charge < -0.3 is 5.11 Å². The Morgan fingerprint density at radius 2 is 1.94 bits per heavy atom. The molecule has 1 aliphatic heterocycles. The normalized spacial score (nSPS) is 20.0. The molecule has 3 heteroatoms. The van der Waals surface area contributed by atoms with Gasteiger partial charge >= 0.3 is 0 Å². The molecule has 1 aliphatic rings. The second kappa shape index (κ2) is 6.56. The third-order valence-corrected chi connectivity index (χ3v) is 6.39. The molecule has 0 amide bonds. The van der Waals surface area contributed by atoms with Crippen molar-refractivity contribution in [3.63, 3.8) is 0 Å². The van der Waals surface area contributed by atoms with Crippen molar-refractivity contribution in [1.82, 2.24) is 0 Å². The van der Waals surface area contributed by atoms with Gasteiger partial charge in [0.25, 0.3) is 0 Å². The second-order valence-electron chi connectivity index (χ2n) is 4.42. The molecule has 1 saturated heterocycles. The first-order valence-electron chi connectivity index (χ1n) is 6.22. The maximum absolute atomic E-state index is 11.1. The van der Waals surface area contributed by atoms with E-state index in [0.717, 1.165) is 17.1 Å². The molecule has 1 fully saturated rings. The summed E-state index contributed by atoms with van der Waals surface area (Å²) < 4.78 is 0.196. The van der Waals surface area contributed by atoms with Crippen LogP contribution in [0.5, 0.6) is 0 Å². The average Bonchev–Trinajstić information content (AvgIpc) is 2.46. The van der Waals surface area contributed by atoms with Crippen molar-refractivity contribution in [3.8, 4) is 12.3 Å². The molecule has 1 aromatic carbocycles. The molecule has 0 spiro atoms. The molecule has 0 unspecified atom stereocenters. The maximum atomic E-state index is 11.1. The summed E-state index contributed by atoms with van der Waals surface area (Å²) in [6.45, 7) is 0. The van der Waals surface area contributed by atoms with E-state index in [4.69, 9.17) is 6.42 Å². The number of benzene rings is 1. The number of hydrogen-bond acceptors (Lipinski definition) is 3. The summed E-state index contributed by atoms with van der Waals surface area (Å²) in [6.07, 6.45) is 7.85. The van der Waals surface area contributed by atoms with Gasteiger partial charge in [-0.2, -0.15) is 0 Å². The van der Waals surface area contributed by atoms with Crippen molar-refractivity contribution in [2.24, 2.45) is 0 Å². The van der Waals surface area contributed by atoms with E-state index in [-0.39, 0.29) is 4.58 Å². The van der Waals surface area contributed by atoms with Crippen LogP contribution in [0.25, 0.3) is 0 Å². The lowest BCUT2D eigenvalue weighted by Gasteiger charge is -2.37. The highest BCUT2D eigenvalue weighted by atomic mass is 32.2. The fourth-order valence-corrected chi connectivity index (χ4v) is 5.41. The summed E-state index contributed by atoms with van der Waals surface area (Å²) >= 11 is 3.72. The molecule has 1 atom stereocenters. The van der Waals surface area contributed by atoms with Crippen LogP contribution in [0, 0.1) is 12.3 Å². The molecular weight excluding hydrogens is 260 g/mol. The van der Waals surface area contributed by atoms with Gasteiger partial charge in [-0.3, -0.25) is 0 Å². The molecule has 2 rings (SSSR count). The highest BCUT2D eigenvalue weighted by Crippen LogP contribution is 2.45. The van der Waals surface area contributed by atoms with Gasteiger partial charge in [-0.1, -0.05) is 30.3 Å². The van der Waals surface area contributed by atoms with Crippen molar-refractivity contribution < 1.29 is 5.11 Å². The smallest absolute Gasteiger partial charge is 0.111 e. The van der Waals surface area contributed by atoms with E-state index in [1.54, 1.807) is 0 Å². The number of thioether (sulfide) groups is 2. The molecule has 0 aliphatic carbocycles. The minimum atomic E-state index is -0.802. The molecule has 1 heterocycles. The number of rotatable bonds is 4. The van der Waals surface area contributed by atoms with Crippen LogP contribution in [0.4, 0.5) is 0 Å². The monoisotopic (exact) mass is 278 g/mol. The Hall–Kier alpha value is -0.560. The van der Waals surface area contributed by atoms with Crippen molar-refractivity contribution >= 4 is 23.5 Å². The highest BCUT2D eigenvalue weighted by molar-refractivity contribution is 8.17. The molecule has 96 valence electrons. The molecular formula is C15H18OS2. The van der Waals surface area contributed by atoms with Crippen LogP contribution in [0.2, 0.25) is 0 Å². The first kappa shape index (κ1) is 13.9. The van der Waals surface area contributed by atoms with Gasteiger partial charge in [0.05, 0.1) is 4.58 Å². The predicted molar refractivity (Wildman–Crippen MR) is 81.7 cm³/mol. The fourth-order valence-electron chi connectivity index (χ4n) is 2.15. The van der Waals surface area contributed by atoms with Gasteiger partial charge in [-0.25, -0.2) is 0 Å². The lowest BCUT2D eigenvalue weighted by atomic mass is 9.91. The van der Waals surface area contributed by atoms with Crippen molar-refractivity contribution in [3.05, 3.63) is 35.9 Å². The van der Waals surface area contributed by atoms with Gasteiger partial charge in [0.15, 0.2) is 0 Å². The van der Waals surface area contributed by atoms with Crippen LogP contribution in [0.1, 0.15) is 24.8 Å². The molecule has 18 heavy (non-hydrogen) atoms. The zero-order chi connectivity index (χ0) is 12.8. The largest absolute Gasteiger partial charge is 0.383 e. The fraction of sp³-hybridized carbons (Fsp3) is 0.467. The van der Waals surface area contributed by atoms with E-state index in [1.807, 2.05) is 53.9 Å². The van der Waals surface area contributed by atoms with E-state index in [2.05, 4.69) is 5.92 Å². The maximum Gasteiger partial charge on any atom is 0.111 e. The molecule has 0 radical (unpaired) electrons. The summed E-state index contributed by atoms with van der Waals surface area (Å²) in [6, 6.07) is 9.95. The first-order valence-corrected chi connectivity index (χ1v) is 8.32. The molecule has 1 nitrogen and oxygen atoms in total. The Labute approximate surface area is 118 Å². The van der Waals surface area contributed by atoms with Crippen LogP contribution >= 0.6 is 23.5 Å². The number of hydrogen-bond donors (Lipinski definition) is 1. The minimum Gasteiger partial charge on any atom is -0.383 e. The zero-order valence-electron chi connectivity index (χ0n) is 10.3. The van der Waals surface area contributed by atoms with Crippen molar-refractivity contribution in [2.75, 3.05) is 11.5 Å². The van der Waals surface area contributed by atoms with E-state index < -0.39 is 5.60 Å². The van der Waals surface area contributed by atoms with Crippen LogP contribution in [-0.4, -0.2) is 21.2 Å². The predicted octanol–water partition coefficient (Wildman–Crippen LogP) is 3.48. The third-order valence-electron chi connectivity index (χ3n) is 3.14. The first-order chi connectivity index (χ1) is 8.77. The second-order valence-corrected chi connectivity index (χ2v) is 7.15. The lowest BCUT2D eigenvalue weighted by molar-refractivity contribution is 0.0464. The Bertz CT molecular complexity index is 406. The van der Waals surface area contributed by atoms with E-state index in [9.17, 15) is 5.11 Å². The highest BCUT2D eigenvalue weighted by Gasteiger charge is 2.39. The van der Waals surface area contributed by atoms with Crippen LogP contribution in [0.15, 0.2) is 30.3 Å². The van der Waals surface area contributed by atoms with Crippen LogP contribution in [0.3, 0.4) is 0 Å². The Morgan fingerprint density at radius 1 is 1.28 bits per heavy atom.